The molecule has 2 atom stereocenters. The van der Waals surface area contributed by atoms with Gasteiger partial charge in [0.15, 0.2) is 11.6 Å². The van der Waals surface area contributed by atoms with Crippen LogP contribution in [0.1, 0.15) is 108 Å². The molecule has 2 aliphatic heterocycles. The zero-order chi connectivity index (χ0) is 33.6. The summed E-state index contributed by atoms with van der Waals surface area (Å²) in [4.78, 5) is 69.1. The zero-order valence-electron chi connectivity index (χ0n) is 27.9. The third kappa shape index (κ3) is 5.43. The number of hydrogen-bond donors (Lipinski definition) is 2. The maximum absolute atomic E-state index is 14.1. The molecule has 3 aromatic heterocycles. The maximum Gasteiger partial charge on any atom is 0.305 e. The summed E-state index contributed by atoms with van der Waals surface area (Å²) in [5, 5.41) is 0. The van der Waals surface area contributed by atoms with E-state index in [2.05, 4.69) is 23.8 Å². The van der Waals surface area contributed by atoms with Crippen molar-refractivity contribution in [2.45, 2.75) is 90.9 Å². The van der Waals surface area contributed by atoms with E-state index in [-0.39, 0.29) is 48.2 Å². The van der Waals surface area contributed by atoms with E-state index in [0.717, 1.165) is 45.2 Å². The molecule has 10 heteroatoms. The lowest BCUT2D eigenvalue weighted by Crippen LogP contribution is -2.29. The minimum atomic E-state index is -1.17. The average molecular weight is 627 g/mol. The van der Waals surface area contributed by atoms with Gasteiger partial charge in [-0.3, -0.25) is 19.2 Å². The molecule has 46 heavy (non-hydrogen) atoms. The van der Waals surface area contributed by atoms with Gasteiger partial charge in [-0.25, -0.2) is 9.97 Å². The van der Waals surface area contributed by atoms with Crippen LogP contribution in [0.4, 0.5) is 0 Å². The van der Waals surface area contributed by atoms with Crippen LogP contribution in [0, 0.1) is 13.8 Å². The first-order valence-electron chi connectivity index (χ1n) is 15.8. The van der Waals surface area contributed by atoms with Crippen molar-refractivity contribution in [2.24, 2.45) is 0 Å². The van der Waals surface area contributed by atoms with Crippen molar-refractivity contribution in [1.29, 1.82) is 0 Å². The Hall–Kier alpha value is -4.60. The Morgan fingerprint density at radius 3 is 1.76 bits per heavy atom. The van der Waals surface area contributed by atoms with Gasteiger partial charge in [-0.15, -0.1) is 0 Å². The summed E-state index contributed by atoms with van der Waals surface area (Å²) in [7, 11) is 2.67. The Bertz CT molecular complexity index is 1940. The van der Waals surface area contributed by atoms with Crippen LogP contribution in [-0.4, -0.2) is 57.7 Å². The van der Waals surface area contributed by atoms with Crippen molar-refractivity contribution in [3.63, 3.8) is 0 Å². The minimum absolute atomic E-state index is 0.00546. The molecule has 0 amide bonds. The summed E-state index contributed by atoms with van der Waals surface area (Å²) in [5.74, 6) is -1.24. The number of ether oxygens (including phenoxy) is 2. The number of H-pyrrole nitrogens is 2. The van der Waals surface area contributed by atoms with Crippen molar-refractivity contribution < 1.29 is 28.7 Å². The van der Waals surface area contributed by atoms with Crippen molar-refractivity contribution >= 4 is 45.6 Å². The second kappa shape index (κ2) is 12.3. The molecule has 5 rings (SSSR count). The number of carbonyl (C=O) groups is 4. The normalized spacial score (nSPS) is 19.4. The van der Waals surface area contributed by atoms with Crippen molar-refractivity contribution in [1.82, 2.24) is 19.9 Å². The molecule has 0 spiro atoms. The Kier molecular flexibility index (Phi) is 8.77. The predicted octanol–water partition coefficient (Wildman–Crippen LogP) is 6.24. The van der Waals surface area contributed by atoms with E-state index >= 15 is 0 Å². The third-order valence-electron chi connectivity index (χ3n) is 10.0. The van der Waals surface area contributed by atoms with Gasteiger partial charge in [-0.1, -0.05) is 13.8 Å². The Labute approximate surface area is 268 Å². The largest absolute Gasteiger partial charge is 0.469 e. The number of rotatable bonds is 8. The van der Waals surface area contributed by atoms with Gasteiger partial charge in [0.1, 0.15) is 11.4 Å². The fraction of sp³-hybridized carbons (Fsp3) is 0.444. The quantitative estimate of drug-likeness (QED) is 0.280. The number of hydrogen-bond acceptors (Lipinski definition) is 8. The number of nitrogens with one attached hydrogen (secondary N) is 2. The smallest absolute Gasteiger partial charge is 0.305 e. The first kappa shape index (κ1) is 32.8. The summed E-state index contributed by atoms with van der Waals surface area (Å²) in [6.07, 6.45) is 2.03. The molecule has 2 aliphatic rings. The van der Waals surface area contributed by atoms with Crippen LogP contribution in [0.2, 0.25) is 0 Å². The second-order valence-corrected chi connectivity index (χ2v) is 12.6. The summed E-state index contributed by atoms with van der Waals surface area (Å²) in [6, 6.07) is 7.32. The van der Waals surface area contributed by atoms with Crippen LogP contribution in [0.5, 0.6) is 0 Å². The molecule has 3 aromatic rings. The standard InChI is InChI=1S/C36H42N4O6/c1-9-21-19(3)23-15-24-20(4)22(11-12-31(41)45-7)26(38-24)18-30-36(6,14-13-32(42)46-8)34(44)28(40-30)16-27-33(43)35(5,10-2)29(39-27)17-25(21)37-23/h15-18,37-38H,9-14H2,1-8H3. The van der Waals surface area contributed by atoms with E-state index in [1.54, 1.807) is 6.92 Å². The van der Waals surface area contributed by atoms with Crippen LogP contribution in [0.25, 0.3) is 22.1 Å². The minimum Gasteiger partial charge on any atom is -0.469 e. The Balaban J connectivity index is 1.92. The van der Waals surface area contributed by atoms with E-state index in [1.165, 1.54) is 20.3 Å². The lowest BCUT2D eigenvalue weighted by Gasteiger charge is -2.21. The zero-order valence-corrected chi connectivity index (χ0v) is 27.9. The highest BCUT2D eigenvalue weighted by atomic mass is 16.5. The fourth-order valence-electron chi connectivity index (χ4n) is 6.57. The summed E-state index contributed by atoms with van der Waals surface area (Å²) >= 11 is 0. The predicted molar refractivity (Wildman–Crippen MR) is 175 cm³/mol. The molecule has 0 radical (unpaired) electrons. The number of ketones is 2. The summed E-state index contributed by atoms with van der Waals surface area (Å²) < 4.78 is 9.81. The molecule has 242 valence electrons. The number of aryl methyl sites for hydroxylation is 4. The van der Waals surface area contributed by atoms with Gasteiger partial charge in [-0.05, 0) is 99.9 Å². The molecule has 8 bridgehead atoms. The van der Waals surface area contributed by atoms with E-state index < -0.39 is 16.8 Å². The van der Waals surface area contributed by atoms with Crippen LogP contribution in [-0.2, 0) is 42.7 Å². The number of esters is 2. The number of methoxy groups -OCH3 is 2. The van der Waals surface area contributed by atoms with Gasteiger partial charge in [0.2, 0.25) is 0 Å². The Morgan fingerprint density at radius 2 is 1.22 bits per heavy atom. The number of Topliss-reactive ketones (excluding diaryl/α,β-unsaturated/α-hetero) is 2. The fourth-order valence-corrected chi connectivity index (χ4v) is 6.57. The molecule has 0 aliphatic carbocycles. The number of aromatic amines is 2. The Morgan fingerprint density at radius 1 is 0.717 bits per heavy atom. The van der Waals surface area contributed by atoms with E-state index in [9.17, 15) is 19.2 Å². The molecule has 5 heterocycles. The van der Waals surface area contributed by atoms with E-state index in [1.807, 2.05) is 39.0 Å². The maximum atomic E-state index is 14.1. The topological polar surface area (TPSA) is 144 Å². The molecule has 0 aromatic carbocycles. The van der Waals surface area contributed by atoms with Crippen molar-refractivity contribution in [3.8, 4) is 0 Å². The highest BCUT2D eigenvalue weighted by Gasteiger charge is 2.45. The lowest BCUT2D eigenvalue weighted by atomic mass is 9.78. The van der Waals surface area contributed by atoms with Crippen LogP contribution < -0.4 is 0 Å². The SMILES string of the molecule is CCc1c(C)c2cc3[nH]c(cc4nc(cc5nc(cc1[nH]2)C(C)(CC)C5=O)C(=O)C4(C)CCC(=O)OC)c(CCC(=O)OC)c3C. The van der Waals surface area contributed by atoms with Gasteiger partial charge < -0.3 is 19.4 Å². The molecule has 0 fully saturated rings. The average Bonchev–Trinajstić information content (AvgIpc) is 3.66. The number of carbonyl (C=O) groups excluding carboxylic acids is 4. The number of fused-ring (bicyclic) bond motifs is 8. The highest BCUT2D eigenvalue weighted by Crippen LogP contribution is 2.39. The van der Waals surface area contributed by atoms with Crippen LogP contribution >= 0.6 is 0 Å². The van der Waals surface area contributed by atoms with E-state index in [0.29, 0.717) is 29.7 Å². The highest BCUT2D eigenvalue weighted by molar-refractivity contribution is 6.08. The molecule has 10 nitrogen and oxygen atoms in total. The first-order valence-corrected chi connectivity index (χ1v) is 15.8. The van der Waals surface area contributed by atoms with E-state index in [4.69, 9.17) is 19.4 Å². The first-order chi connectivity index (χ1) is 21.8. The molecule has 2 N–H and O–H groups in total. The van der Waals surface area contributed by atoms with Gasteiger partial charge in [0.05, 0.1) is 36.4 Å². The molecule has 2 unspecified atom stereocenters. The van der Waals surface area contributed by atoms with Crippen molar-refractivity contribution in [2.75, 3.05) is 14.2 Å². The molecule has 0 saturated heterocycles. The molecule has 0 saturated carbocycles. The third-order valence-corrected chi connectivity index (χ3v) is 10.0. The van der Waals surface area contributed by atoms with Gasteiger partial charge in [0.25, 0.3) is 0 Å². The van der Waals surface area contributed by atoms with Crippen LogP contribution in [0.15, 0.2) is 24.3 Å². The van der Waals surface area contributed by atoms with Gasteiger partial charge >= 0.3 is 11.9 Å². The van der Waals surface area contributed by atoms with Gasteiger partial charge in [0, 0.05) is 34.9 Å². The lowest BCUT2D eigenvalue weighted by molar-refractivity contribution is -0.141. The monoisotopic (exact) mass is 626 g/mol. The molecular weight excluding hydrogens is 584 g/mol. The molecular formula is C36H42N4O6. The van der Waals surface area contributed by atoms with Crippen LogP contribution in [0.3, 0.4) is 0 Å². The second-order valence-electron chi connectivity index (χ2n) is 12.6. The number of aromatic nitrogens is 4. The van der Waals surface area contributed by atoms with Gasteiger partial charge in [-0.2, -0.15) is 0 Å². The summed E-state index contributed by atoms with van der Waals surface area (Å²) in [5.41, 5.74) is 6.71. The summed E-state index contributed by atoms with van der Waals surface area (Å²) in [6.45, 7) is 11.8. The van der Waals surface area contributed by atoms with Crippen molar-refractivity contribution in [3.05, 3.63) is 69.3 Å². The number of nitrogens with zero attached hydrogens (tertiary/aromatic N) is 2.